The van der Waals surface area contributed by atoms with E-state index >= 15 is 0 Å². The van der Waals surface area contributed by atoms with E-state index in [0.717, 1.165) is 16.8 Å². The zero-order valence-corrected chi connectivity index (χ0v) is 17.7. The third-order valence-electron chi connectivity index (χ3n) is 4.58. The number of thiazole rings is 1. The monoisotopic (exact) mass is 414 g/mol. The predicted molar refractivity (Wildman–Crippen MR) is 114 cm³/mol. The van der Waals surface area contributed by atoms with Crippen molar-refractivity contribution in [3.05, 3.63) is 64.5 Å². The quantitative estimate of drug-likeness (QED) is 0.648. The topological polar surface area (TPSA) is 76.1 Å². The van der Waals surface area contributed by atoms with Crippen LogP contribution in [-0.2, 0) is 21.1 Å². The summed E-state index contributed by atoms with van der Waals surface area (Å²) < 4.78 is 23.7. The molecule has 1 amide bonds. The summed E-state index contributed by atoms with van der Waals surface area (Å²) in [5.41, 5.74) is 5.03. The van der Waals surface area contributed by atoms with Crippen LogP contribution in [0.4, 0.5) is 5.13 Å². The Morgan fingerprint density at radius 2 is 1.79 bits per heavy atom. The van der Waals surface area contributed by atoms with Crippen molar-refractivity contribution in [3.63, 3.8) is 0 Å². The number of carbonyl (C=O) groups excluding carboxylic acids is 1. The molecule has 3 aromatic rings. The molecule has 3 rings (SSSR count). The summed E-state index contributed by atoms with van der Waals surface area (Å²) >= 11 is 1.38. The minimum absolute atomic E-state index is 0.0553. The number of hydrogen-bond donors (Lipinski definition) is 1. The van der Waals surface area contributed by atoms with E-state index in [1.807, 2.05) is 11.4 Å². The third kappa shape index (κ3) is 4.66. The van der Waals surface area contributed by atoms with E-state index in [1.54, 1.807) is 31.2 Å². The second-order valence-corrected chi connectivity index (χ2v) is 9.75. The molecule has 1 N–H and O–H groups in total. The maximum atomic E-state index is 12.3. The van der Waals surface area contributed by atoms with Crippen LogP contribution in [0, 0.1) is 13.8 Å². The summed E-state index contributed by atoms with van der Waals surface area (Å²) in [4.78, 5) is 17.1. The molecule has 0 saturated carbocycles. The van der Waals surface area contributed by atoms with Crippen molar-refractivity contribution >= 4 is 32.2 Å². The van der Waals surface area contributed by atoms with Gasteiger partial charge in [-0.2, -0.15) is 0 Å². The highest BCUT2D eigenvalue weighted by molar-refractivity contribution is 7.91. The second-order valence-electron chi connectivity index (χ2n) is 6.61. The maximum Gasteiger partial charge on any atom is 0.230 e. The molecule has 0 unspecified atom stereocenters. The van der Waals surface area contributed by atoms with Crippen molar-refractivity contribution in [1.29, 1.82) is 0 Å². The highest BCUT2D eigenvalue weighted by atomic mass is 32.2. The summed E-state index contributed by atoms with van der Waals surface area (Å²) in [6.45, 7) is 5.73. The largest absolute Gasteiger partial charge is 0.302 e. The van der Waals surface area contributed by atoms with E-state index in [9.17, 15) is 13.2 Å². The lowest BCUT2D eigenvalue weighted by molar-refractivity contribution is -0.115. The van der Waals surface area contributed by atoms with E-state index in [0.29, 0.717) is 5.13 Å². The minimum atomic E-state index is -3.23. The summed E-state index contributed by atoms with van der Waals surface area (Å²) in [7, 11) is -3.23. The number of anilines is 1. The molecule has 0 saturated heterocycles. The Bertz CT molecular complexity index is 1100. The molecule has 0 spiro atoms. The van der Waals surface area contributed by atoms with E-state index in [2.05, 4.69) is 36.3 Å². The number of nitrogens with one attached hydrogen (secondary N) is 1. The maximum absolute atomic E-state index is 12.3. The molecule has 0 fully saturated rings. The molecule has 0 atom stereocenters. The number of hydrogen-bond acceptors (Lipinski definition) is 5. The summed E-state index contributed by atoms with van der Waals surface area (Å²) in [6.07, 6.45) is 0.158. The Morgan fingerprint density at radius 3 is 2.43 bits per heavy atom. The van der Waals surface area contributed by atoms with Gasteiger partial charge in [0.25, 0.3) is 0 Å². The second kappa shape index (κ2) is 8.24. The van der Waals surface area contributed by atoms with Gasteiger partial charge in [-0.1, -0.05) is 31.2 Å². The highest BCUT2D eigenvalue weighted by Gasteiger charge is 2.13. The number of benzene rings is 2. The fraction of sp³-hybridized carbons (Fsp3) is 0.238. The standard InChI is InChI=1S/C21H22N2O3S2/c1-4-28(25,26)18-9-6-16(7-10-18)12-20(24)23-21-22-19(13-27-21)17-8-5-14(2)15(3)11-17/h5-11,13H,4,12H2,1-3H3,(H,22,23,24). The van der Waals surface area contributed by atoms with Crippen molar-refractivity contribution in [2.45, 2.75) is 32.1 Å². The molecule has 7 heteroatoms. The lowest BCUT2D eigenvalue weighted by Gasteiger charge is -2.05. The number of aromatic nitrogens is 1. The van der Waals surface area contributed by atoms with E-state index in [-0.39, 0.29) is 23.0 Å². The molecule has 2 aromatic carbocycles. The number of amides is 1. The van der Waals surface area contributed by atoms with Crippen molar-refractivity contribution in [2.24, 2.45) is 0 Å². The molecular formula is C21H22N2O3S2. The summed E-state index contributed by atoms with van der Waals surface area (Å²) in [5, 5.41) is 5.28. The molecular weight excluding hydrogens is 392 g/mol. The smallest absolute Gasteiger partial charge is 0.230 e. The van der Waals surface area contributed by atoms with E-state index in [4.69, 9.17) is 0 Å². The first-order valence-electron chi connectivity index (χ1n) is 8.93. The average molecular weight is 415 g/mol. The zero-order chi connectivity index (χ0) is 20.3. The number of sulfone groups is 1. The first-order chi connectivity index (χ1) is 13.3. The fourth-order valence-electron chi connectivity index (χ4n) is 2.69. The lowest BCUT2D eigenvalue weighted by Crippen LogP contribution is -2.14. The predicted octanol–water partition coefficient (Wildman–Crippen LogP) is 4.40. The van der Waals surface area contributed by atoms with E-state index in [1.165, 1.54) is 22.5 Å². The molecule has 1 aromatic heterocycles. The number of aryl methyl sites for hydroxylation is 2. The molecule has 146 valence electrons. The van der Waals surface area contributed by atoms with Gasteiger partial charge >= 0.3 is 0 Å². The van der Waals surface area contributed by atoms with Gasteiger partial charge in [0.2, 0.25) is 5.91 Å². The van der Waals surface area contributed by atoms with Gasteiger partial charge in [0, 0.05) is 10.9 Å². The van der Waals surface area contributed by atoms with Gasteiger partial charge in [0.15, 0.2) is 15.0 Å². The van der Waals surface area contributed by atoms with Crippen LogP contribution in [0.1, 0.15) is 23.6 Å². The van der Waals surface area contributed by atoms with Crippen LogP contribution in [0.25, 0.3) is 11.3 Å². The van der Waals surface area contributed by atoms with Gasteiger partial charge < -0.3 is 5.32 Å². The van der Waals surface area contributed by atoms with Gasteiger partial charge in [-0.3, -0.25) is 4.79 Å². The summed E-state index contributed by atoms with van der Waals surface area (Å²) in [5.74, 6) is -0.133. The molecule has 28 heavy (non-hydrogen) atoms. The normalized spacial score (nSPS) is 11.4. The first kappa shape index (κ1) is 20.2. The SMILES string of the molecule is CCS(=O)(=O)c1ccc(CC(=O)Nc2nc(-c3ccc(C)c(C)c3)cs2)cc1. The van der Waals surface area contributed by atoms with Crippen molar-refractivity contribution in [3.8, 4) is 11.3 Å². The van der Waals surface area contributed by atoms with Crippen molar-refractivity contribution in [2.75, 3.05) is 11.1 Å². The molecule has 0 radical (unpaired) electrons. The third-order valence-corrected chi connectivity index (χ3v) is 7.09. The Balaban J connectivity index is 1.65. The Labute approximate surface area is 169 Å². The molecule has 0 bridgehead atoms. The van der Waals surface area contributed by atoms with Crippen LogP contribution < -0.4 is 5.32 Å². The van der Waals surface area contributed by atoms with Crippen LogP contribution in [0.15, 0.2) is 52.7 Å². The number of carbonyl (C=O) groups is 1. The fourth-order valence-corrected chi connectivity index (χ4v) is 4.31. The lowest BCUT2D eigenvalue weighted by atomic mass is 10.1. The molecule has 0 aliphatic rings. The van der Waals surface area contributed by atoms with Crippen molar-refractivity contribution in [1.82, 2.24) is 4.98 Å². The number of rotatable bonds is 6. The van der Waals surface area contributed by atoms with Crippen LogP contribution in [-0.4, -0.2) is 25.1 Å². The van der Waals surface area contributed by atoms with Gasteiger partial charge in [-0.15, -0.1) is 11.3 Å². The Kier molecular flexibility index (Phi) is 5.96. The Hall–Kier alpha value is -2.51. The van der Waals surface area contributed by atoms with E-state index < -0.39 is 9.84 Å². The Morgan fingerprint density at radius 1 is 1.07 bits per heavy atom. The van der Waals surface area contributed by atoms with Gasteiger partial charge in [0.05, 0.1) is 22.8 Å². The highest BCUT2D eigenvalue weighted by Crippen LogP contribution is 2.26. The first-order valence-corrected chi connectivity index (χ1v) is 11.5. The molecule has 1 heterocycles. The average Bonchev–Trinajstić information content (AvgIpc) is 3.12. The van der Waals surface area contributed by atoms with Crippen LogP contribution in [0.5, 0.6) is 0 Å². The number of nitrogens with zero attached hydrogens (tertiary/aromatic N) is 1. The van der Waals surface area contributed by atoms with Gasteiger partial charge in [-0.25, -0.2) is 13.4 Å². The van der Waals surface area contributed by atoms with Crippen LogP contribution in [0.2, 0.25) is 0 Å². The van der Waals surface area contributed by atoms with Crippen LogP contribution >= 0.6 is 11.3 Å². The van der Waals surface area contributed by atoms with Crippen LogP contribution in [0.3, 0.4) is 0 Å². The summed E-state index contributed by atoms with van der Waals surface area (Å²) in [6, 6.07) is 12.6. The van der Waals surface area contributed by atoms with Crippen molar-refractivity contribution < 1.29 is 13.2 Å². The van der Waals surface area contributed by atoms with Gasteiger partial charge in [0.1, 0.15) is 0 Å². The molecule has 0 aliphatic heterocycles. The minimum Gasteiger partial charge on any atom is -0.302 e. The molecule has 5 nitrogen and oxygen atoms in total. The molecule has 0 aliphatic carbocycles. The van der Waals surface area contributed by atoms with Gasteiger partial charge in [-0.05, 0) is 48.7 Å². The zero-order valence-electron chi connectivity index (χ0n) is 16.0.